The van der Waals surface area contributed by atoms with Gasteiger partial charge in [-0.3, -0.25) is 9.59 Å². The Morgan fingerprint density at radius 2 is 1.56 bits per heavy atom. The third-order valence-corrected chi connectivity index (χ3v) is 6.53. The summed E-state index contributed by atoms with van der Waals surface area (Å²) in [6.45, 7) is 5.67. The van der Waals surface area contributed by atoms with E-state index in [9.17, 15) is 14.4 Å². The number of carbonyl (C=O) groups excluding carboxylic acids is 2. The first-order chi connectivity index (χ1) is 16.3. The van der Waals surface area contributed by atoms with Crippen LogP contribution in [-0.2, 0) is 14.3 Å². The fourth-order valence-electron chi connectivity index (χ4n) is 4.40. The molecule has 3 N–H and O–H groups in total. The van der Waals surface area contributed by atoms with Crippen LogP contribution in [0.2, 0.25) is 0 Å². The Bertz CT molecular complexity index is 976. The van der Waals surface area contributed by atoms with Crippen molar-refractivity contribution < 1.29 is 24.2 Å². The molecule has 2 amide bonds. The molecule has 0 heterocycles. The van der Waals surface area contributed by atoms with E-state index >= 15 is 0 Å². The summed E-state index contributed by atoms with van der Waals surface area (Å²) in [7, 11) is 0. The number of hydrogen-bond donors (Lipinski definition) is 3. The number of benzene rings is 2. The van der Waals surface area contributed by atoms with Crippen molar-refractivity contribution in [1.29, 1.82) is 0 Å². The molecule has 3 atom stereocenters. The molecule has 182 valence electrons. The zero-order chi connectivity index (χ0) is 24.7. The summed E-state index contributed by atoms with van der Waals surface area (Å²) in [6, 6.07) is 15.3. The molecule has 1 aliphatic carbocycles. The van der Waals surface area contributed by atoms with E-state index in [1.165, 1.54) is 0 Å². The third kappa shape index (κ3) is 6.16. The van der Waals surface area contributed by atoms with Crippen molar-refractivity contribution in [3.05, 3.63) is 59.7 Å². The molecule has 0 spiro atoms. The van der Waals surface area contributed by atoms with Crippen LogP contribution in [0.4, 0.5) is 4.79 Å². The summed E-state index contributed by atoms with van der Waals surface area (Å²) in [5, 5.41) is 14.7. The fraction of sp³-hybridized carbons (Fsp3) is 0.444. The van der Waals surface area contributed by atoms with Gasteiger partial charge in [0, 0.05) is 18.0 Å². The number of alkyl carbamates (subject to hydrolysis) is 1. The molecule has 0 aliphatic heterocycles. The molecule has 2 aromatic carbocycles. The quantitative estimate of drug-likeness (QED) is 0.445. The summed E-state index contributed by atoms with van der Waals surface area (Å²) in [5.41, 5.74) is 4.58. The Morgan fingerprint density at radius 3 is 2.12 bits per heavy atom. The van der Waals surface area contributed by atoms with Crippen molar-refractivity contribution in [2.45, 2.75) is 64.5 Å². The summed E-state index contributed by atoms with van der Waals surface area (Å²) in [6.07, 6.45) is 1.66. The molecule has 2 aromatic rings. The highest BCUT2D eigenvalue weighted by atomic mass is 16.5. The minimum atomic E-state index is -0.945. The van der Waals surface area contributed by atoms with Gasteiger partial charge in [-0.2, -0.15) is 0 Å². The van der Waals surface area contributed by atoms with Crippen molar-refractivity contribution in [3.8, 4) is 11.1 Å². The van der Waals surface area contributed by atoms with Crippen LogP contribution >= 0.6 is 0 Å². The first kappa shape index (κ1) is 25.3. The van der Waals surface area contributed by atoms with E-state index in [-0.39, 0.29) is 24.9 Å². The second kappa shape index (κ2) is 11.7. The van der Waals surface area contributed by atoms with Crippen LogP contribution in [0, 0.1) is 5.92 Å². The number of amides is 2. The minimum absolute atomic E-state index is 0.0375. The number of rotatable bonds is 11. The number of aliphatic carboxylic acids is 1. The van der Waals surface area contributed by atoms with Crippen molar-refractivity contribution in [1.82, 2.24) is 10.6 Å². The minimum Gasteiger partial charge on any atom is -0.481 e. The third-order valence-electron chi connectivity index (χ3n) is 6.53. The van der Waals surface area contributed by atoms with E-state index in [1.54, 1.807) is 13.8 Å². The van der Waals surface area contributed by atoms with Crippen molar-refractivity contribution >= 4 is 18.0 Å². The predicted molar refractivity (Wildman–Crippen MR) is 131 cm³/mol. The molecular formula is C27H34N2O5. The lowest BCUT2D eigenvalue weighted by Crippen LogP contribution is -2.47. The van der Waals surface area contributed by atoms with Gasteiger partial charge in [0.1, 0.15) is 6.61 Å². The molecular weight excluding hydrogens is 432 g/mol. The molecule has 3 rings (SSSR count). The lowest BCUT2D eigenvalue weighted by atomic mass is 9.98. The van der Waals surface area contributed by atoms with Crippen molar-refractivity contribution in [2.75, 3.05) is 6.61 Å². The standard InChI is InChI=1S/C27H34N2O5/c1-4-5-10-19(15-25(30)31)29-26(32)17(2)18(3)28-27(33)34-16-24-22-13-8-6-11-20(22)21-12-7-9-14-23(21)24/h6-9,11-14,17-19,24H,4-5,10,15-16H2,1-3H3,(H,28,33)(H,29,32)(H,30,31). The zero-order valence-corrected chi connectivity index (χ0v) is 20.0. The SMILES string of the molecule is CCCCC(CC(=O)O)NC(=O)C(C)C(C)NC(=O)OCC1c2ccccc2-c2ccccc21. The molecule has 0 saturated carbocycles. The maximum atomic E-state index is 12.7. The van der Waals surface area contributed by atoms with E-state index in [0.29, 0.717) is 6.42 Å². The Kier molecular flexibility index (Phi) is 8.68. The fourth-order valence-corrected chi connectivity index (χ4v) is 4.40. The van der Waals surface area contributed by atoms with Crippen LogP contribution in [0.15, 0.2) is 48.5 Å². The highest BCUT2D eigenvalue weighted by Gasteiger charge is 2.30. The molecule has 7 nitrogen and oxygen atoms in total. The first-order valence-electron chi connectivity index (χ1n) is 12.0. The molecule has 0 fully saturated rings. The number of ether oxygens (including phenoxy) is 1. The smallest absolute Gasteiger partial charge is 0.407 e. The number of carboxylic acid groups (broad SMARTS) is 1. The van der Waals surface area contributed by atoms with Crippen LogP contribution in [0.5, 0.6) is 0 Å². The molecule has 3 unspecified atom stereocenters. The number of unbranched alkanes of at least 4 members (excludes halogenated alkanes) is 1. The second-order valence-electron chi connectivity index (χ2n) is 8.99. The van der Waals surface area contributed by atoms with Gasteiger partial charge in [-0.25, -0.2) is 4.79 Å². The van der Waals surface area contributed by atoms with Gasteiger partial charge in [-0.1, -0.05) is 75.2 Å². The first-order valence-corrected chi connectivity index (χ1v) is 12.0. The van der Waals surface area contributed by atoms with Gasteiger partial charge >= 0.3 is 12.1 Å². The highest BCUT2D eigenvalue weighted by molar-refractivity contribution is 5.81. The van der Waals surface area contributed by atoms with E-state index in [2.05, 4.69) is 34.9 Å². The number of hydrogen-bond acceptors (Lipinski definition) is 4. The summed E-state index contributed by atoms with van der Waals surface area (Å²) >= 11 is 0. The van der Waals surface area contributed by atoms with Gasteiger partial charge in [0.15, 0.2) is 0 Å². The van der Waals surface area contributed by atoms with Gasteiger partial charge in [-0.05, 0) is 35.6 Å². The van der Waals surface area contributed by atoms with Crippen LogP contribution in [-0.4, -0.2) is 41.8 Å². The highest BCUT2D eigenvalue weighted by Crippen LogP contribution is 2.44. The second-order valence-corrected chi connectivity index (χ2v) is 8.99. The van der Waals surface area contributed by atoms with Crippen LogP contribution in [0.1, 0.15) is 63.5 Å². The molecule has 0 aromatic heterocycles. The van der Waals surface area contributed by atoms with Crippen LogP contribution in [0.3, 0.4) is 0 Å². The number of fused-ring (bicyclic) bond motifs is 3. The predicted octanol–water partition coefficient (Wildman–Crippen LogP) is 4.70. The summed E-state index contributed by atoms with van der Waals surface area (Å²) in [4.78, 5) is 36.3. The molecule has 34 heavy (non-hydrogen) atoms. The lowest BCUT2D eigenvalue weighted by molar-refractivity contribution is -0.137. The van der Waals surface area contributed by atoms with Crippen molar-refractivity contribution in [3.63, 3.8) is 0 Å². The topological polar surface area (TPSA) is 105 Å². The maximum absolute atomic E-state index is 12.7. The molecule has 0 saturated heterocycles. The van der Waals surface area contributed by atoms with Gasteiger partial charge in [0.2, 0.25) is 5.91 Å². The van der Waals surface area contributed by atoms with Gasteiger partial charge in [-0.15, -0.1) is 0 Å². The van der Waals surface area contributed by atoms with E-state index in [1.807, 2.05) is 31.2 Å². The van der Waals surface area contributed by atoms with Crippen molar-refractivity contribution in [2.24, 2.45) is 5.92 Å². The Balaban J connectivity index is 1.54. The largest absolute Gasteiger partial charge is 0.481 e. The van der Waals surface area contributed by atoms with E-state index < -0.39 is 30.1 Å². The molecule has 1 aliphatic rings. The summed E-state index contributed by atoms with van der Waals surface area (Å²) < 4.78 is 5.57. The number of carbonyl (C=O) groups is 3. The number of nitrogens with one attached hydrogen (secondary N) is 2. The summed E-state index contributed by atoms with van der Waals surface area (Å²) in [5.74, 6) is -1.81. The average Bonchev–Trinajstić information content (AvgIpc) is 3.14. The van der Waals surface area contributed by atoms with Gasteiger partial charge < -0.3 is 20.5 Å². The van der Waals surface area contributed by atoms with Crippen LogP contribution < -0.4 is 10.6 Å². The molecule has 0 bridgehead atoms. The van der Waals surface area contributed by atoms with Gasteiger partial charge in [0.05, 0.1) is 12.3 Å². The Morgan fingerprint density at radius 1 is 0.971 bits per heavy atom. The molecule has 0 radical (unpaired) electrons. The average molecular weight is 467 g/mol. The maximum Gasteiger partial charge on any atom is 0.407 e. The normalized spacial score (nSPS) is 14.9. The zero-order valence-electron chi connectivity index (χ0n) is 20.0. The molecule has 7 heteroatoms. The lowest BCUT2D eigenvalue weighted by Gasteiger charge is -2.24. The Hall–Kier alpha value is -3.35. The van der Waals surface area contributed by atoms with E-state index in [0.717, 1.165) is 35.1 Å². The van der Waals surface area contributed by atoms with Gasteiger partial charge in [0.25, 0.3) is 0 Å². The van der Waals surface area contributed by atoms with E-state index in [4.69, 9.17) is 9.84 Å². The monoisotopic (exact) mass is 466 g/mol. The Labute approximate surface area is 200 Å². The van der Waals surface area contributed by atoms with Crippen LogP contribution in [0.25, 0.3) is 11.1 Å². The number of carboxylic acids is 1.